The van der Waals surface area contributed by atoms with Crippen LogP contribution in [-0.2, 0) is 23.8 Å². The summed E-state index contributed by atoms with van der Waals surface area (Å²) in [6.45, 7) is 4.24. The number of aliphatic hydroxyl groups is 5. The minimum absolute atomic E-state index is 0.0165. The average Bonchev–Trinajstić information content (AvgIpc) is 3.42. The molecule has 6 N–H and O–H groups in total. The van der Waals surface area contributed by atoms with Crippen LogP contribution in [0.3, 0.4) is 0 Å². The normalized spacial score (nSPS) is 19.2. The minimum atomic E-state index is -1.59. The highest BCUT2D eigenvalue weighted by atomic mass is 16.7. The van der Waals surface area contributed by atoms with Crippen LogP contribution in [0.1, 0.15) is 264 Å². The average molecular weight is 1070 g/mol. The van der Waals surface area contributed by atoms with Crippen LogP contribution in [0.4, 0.5) is 0 Å². The third kappa shape index (κ3) is 43.0. The molecule has 1 saturated heterocycles. The predicted molar refractivity (Wildman–Crippen MR) is 315 cm³/mol. The molecule has 0 aromatic heterocycles. The van der Waals surface area contributed by atoms with E-state index in [0.717, 1.165) is 103 Å². The lowest BCUT2D eigenvalue weighted by Gasteiger charge is -2.40. The Morgan fingerprint density at radius 2 is 0.895 bits per heavy atom. The van der Waals surface area contributed by atoms with E-state index in [0.29, 0.717) is 19.4 Å². The lowest BCUT2D eigenvalue weighted by Crippen LogP contribution is -2.60. The topological polar surface area (TPSA) is 175 Å². The molecule has 0 bridgehead atoms. The van der Waals surface area contributed by atoms with Crippen LogP contribution in [0.2, 0.25) is 0 Å². The highest BCUT2D eigenvalue weighted by Crippen LogP contribution is 2.23. The number of aliphatic hydroxyl groups excluding tert-OH is 5. The SMILES string of the molecule is CCCCC/C=C\CCCCCCCC(=O)OCCCCCCCCCCC/C=C\C/C=C\CCCCCCCCCC(=O)NC(COC1OC(CO)C(O)C(O)C1O)C(O)/C=C/CC/C=C/CC/C=C/CCCCC. The van der Waals surface area contributed by atoms with Gasteiger partial charge in [-0.1, -0.05) is 209 Å². The second-order valence-electron chi connectivity index (χ2n) is 21.4. The van der Waals surface area contributed by atoms with Gasteiger partial charge in [0.25, 0.3) is 0 Å². The number of carbonyl (C=O) groups excluding carboxylic acids is 2. The second kappa shape index (κ2) is 54.1. The first-order chi connectivity index (χ1) is 37.2. The molecule has 11 nitrogen and oxygen atoms in total. The number of nitrogens with one attached hydrogen (secondary N) is 1. The second-order valence-corrected chi connectivity index (χ2v) is 21.4. The van der Waals surface area contributed by atoms with Gasteiger partial charge >= 0.3 is 5.97 Å². The number of amides is 1. The Bertz CT molecular complexity index is 1490. The van der Waals surface area contributed by atoms with Crippen molar-refractivity contribution >= 4 is 11.9 Å². The molecule has 0 aromatic rings. The molecule has 1 amide bonds. The Kier molecular flexibility index (Phi) is 50.6. The van der Waals surface area contributed by atoms with Crippen molar-refractivity contribution < 1.29 is 49.3 Å². The molecule has 1 fully saturated rings. The van der Waals surface area contributed by atoms with E-state index in [1.807, 2.05) is 6.08 Å². The first-order valence-electron chi connectivity index (χ1n) is 31.2. The maximum atomic E-state index is 13.0. The molecular formula is C65H115NO10. The third-order valence-electron chi connectivity index (χ3n) is 14.2. The first-order valence-corrected chi connectivity index (χ1v) is 31.2. The Morgan fingerprint density at radius 1 is 0.487 bits per heavy atom. The standard InChI is InChI=1S/C65H115NO10/c1-3-5-7-9-11-13-15-28-31-35-39-43-47-51-58(68)57(56-75-65-64(73)63(72)62(71)59(55-67)76-65)66-60(69)52-48-44-40-36-32-29-26-24-22-20-18-17-19-21-23-25-27-30-34-38-42-46-50-54-74-61(70)53-49-45-41-37-33-16-14-12-10-8-6-4-2/h11-14,17,19-20,22,31,35,47,51,57-59,62-65,67-68,71-73H,3-10,15-16,18,21,23-30,32-34,36-46,48-50,52-56H2,1-2H3,(H,66,69)/b13-11+,14-12-,19-17-,22-20-,35-31+,51-47+. The number of esters is 1. The van der Waals surface area contributed by atoms with Crippen LogP contribution in [0.15, 0.2) is 72.9 Å². The molecule has 1 aliphatic rings. The summed E-state index contributed by atoms with van der Waals surface area (Å²) in [4.78, 5) is 25.1. The van der Waals surface area contributed by atoms with Crippen LogP contribution < -0.4 is 5.32 Å². The number of hydrogen-bond donors (Lipinski definition) is 6. The molecule has 1 rings (SSSR count). The quantitative estimate of drug-likeness (QED) is 0.0195. The van der Waals surface area contributed by atoms with Crippen LogP contribution >= 0.6 is 0 Å². The fraction of sp³-hybridized carbons (Fsp3) is 0.785. The van der Waals surface area contributed by atoms with Gasteiger partial charge in [-0.05, 0) is 116 Å². The summed E-state index contributed by atoms with van der Waals surface area (Å²) < 4.78 is 16.7. The highest BCUT2D eigenvalue weighted by molar-refractivity contribution is 5.76. The maximum absolute atomic E-state index is 13.0. The molecule has 7 atom stereocenters. The molecule has 11 heteroatoms. The zero-order chi connectivity index (χ0) is 55.2. The molecule has 76 heavy (non-hydrogen) atoms. The summed E-state index contributed by atoms with van der Waals surface area (Å²) in [5.74, 6) is -0.225. The summed E-state index contributed by atoms with van der Waals surface area (Å²) in [5, 5.41) is 54.3. The number of carbonyl (C=O) groups is 2. The van der Waals surface area contributed by atoms with Gasteiger partial charge in [-0.3, -0.25) is 9.59 Å². The van der Waals surface area contributed by atoms with E-state index in [4.69, 9.17) is 14.2 Å². The molecular weight excluding hydrogens is 955 g/mol. The maximum Gasteiger partial charge on any atom is 0.305 e. The van der Waals surface area contributed by atoms with Gasteiger partial charge in [-0.2, -0.15) is 0 Å². The summed E-state index contributed by atoms with van der Waals surface area (Å²) in [5.41, 5.74) is 0. The molecule has 0 spiro atoms. The number of hydrogen-bond acceptors (Lipinski definition) is 10. The van der Waals surface area contributed by atoms with Crippen molar-refractivity contribution in [2.45, 2.75) is 307 Å². The fourth-order valence-corrected chi connectivity index (χ4v) is 9.25. The van der Waals surface area contributed by atoms with Crippen LogP contribution in [0, 0.1) is 0 Å². The lowest BCUT2D eigenvalue weighted by atomic mass is 9.99. The van der Waals surface area contributed by atoms with Crippen LogP contribution in [0.5, 0.6) is 0 Å². The molecule has 0 radical (unpaired) electrons. The monoisotopic (exact) mass is 1070 g/mol. The van der Waals surface area contributed by atoms with E-state index in [-0.39, 0.29) is 18.5 Å². The lowest BCUT2D eigenvalue weighted by molar-refractivity contribution is -0.302. The molecule has 7 unspecified atom stereocenters. The summed E-state index contributed by atoms with van der Waals surface area (Å²) in [7, 11) is 0. The van der Waals surface area contributed by atoms with E-state index in [1.54, 1.807) is 6.08 Å². The van der Waals surface area contributed by atoms with Gasteiger partial charge in [0.1, 0.15) is 24.4 Å². The highest BCUT2D eigenvalue weighted by Gasteiger charge is 2.44. The molecule has 0 aliphatic carbocycles. The zero-order valence-corrected chi connectivity index (χ0v) is 48.4. The smallest absolute Gasteiger partial charge is 0.305 e. The summed E-state index contributed by atoms with van der Waals surface area (Å²) >= 11 is 0. The number of unbranched alkanes of at least 4 members (excludes halogenated alkanes) is 29. The molecule has 440 valence electrons. The van der Waals surface area contributed by atoms with Crippen LogP contribution in [-0.4, -0.2) is 100 Å². The van der Waals surface area contributed by atoms with Gasteiger partial charge < -0.3 is 45.1 Å². The molecule has 1 aliphatic heterocycles. The fourth-order valence-electron chi connectivity index (χ4n) is 9.25. The molecule has 0 saturated carbocycles. The summed E-state index contributed by atoms with van der Waals surface area (Å²) in [6.07, 6.45) is 61.4. The van der Waals surface area contributed by atoms with Gasteiger partial charge in [0, 0.05) is 12.8 Å². The van der Waals surface area contributed by atoms with E-state index in [2.05, 4.69) is 79.9 Å². The molecule has 0 aromatic carbocycles. The van der Waals surface area contributed by atoms with Crippen molar-refractivity contribution in [1.29, 1.82) is 0 Å². The first kappa shape index (κ1) is 71.1. The third-order valence-corrected chi connectivity index (χ3v) is 14.2. The van der Waals surface area contributed by atoms with E-state index >= 15 is 0 Å². The van der Waals surface area contributed by atoms with Crippen molar-refractivity contribution in [1.82, 2.24) is 5.32 Å². The number of allylic oxidation sites excluding steroid dienone is 11. The van der Waals surface area contributed by atoms with Gasteiger partial charge in [-0.15, -0.1) is 0 Å². The van der Waals surface area contributed by atoms with Gasteiger partial charge in [0.05, 0.1) is 32.0 Å². The van der Waals surface area contributed by atoms with E-state index < -0.39 is 49.5 Å². The Balaban J connectivity index is 2.09. The Morgan fingerprint density at radius 3 is 1.38 bits per heavy atom. The van der Waals surface area contributed by atoms with Gasteiger partial charge in [-0.25, -0.2) is 0 Å². The van der Waals surface area contributed by atoms with Crippen LogP contribution in [0.25, 0.3) is 0 Å². The summed E-state index contributed by atoms with van der Waals surface area (Å²) in [6, 6.07) is -0.844. The van der Waals surface area contributed by atoms with Crippen molar-refractivity contribution in [2.75, 3.05) is 19.8 Å². The van der Waals surface area contributed by atoms with Crippen molar-refractivity contribution in [2.24, 2.45) is 0 Å². The molecule has 1 heterocycles. The van der Waals surface area contributed by atoms with E-state index in [9.17, 15) is 35.1 Å². The predicted octanol–water partition coefficient (Wildman–Crippen LogP) is 14.8. The number of ether oxygens (including phenoxy) is 3. The van der Waals surface area contributed by atoms with Crippen molar-refractivity contribution in [3.05, 3.63) is 72.9 Å². The minimum Gasteiger partial charge on any atom is -0.466 e. The van der Waals surface area contributed by atoms with Crippen molar-refractivity contribution in [3.63, 3.8) is 0 Å². The number of rotatable bonds is 53. The Hall–Kier alpha value is -2.90. The van der Waals surface area contributed by atoms with Gasteiger partial charge in [0.2, 0.25) is 5.91 Å². The van der Waals surface area contributed by atoms with E-state index in [1.165, 1.54) is 135 Å². The van der Waals surface area contributed by atoms with Crippen molar-refractivity contribution in [3.8, 4) is 0 Å². The zero-order valence-electron chi connectivity index (χ0n) is 48.4. The Labute approximate surface area is 464 Å². The largest absolute Gasteiger partial charge is 0.466 e. The van der Waals surface area contributed by atoms with Gasteiger partial charge in [0.15, 0.2) is 6.29 Å².